The lowest BCUT2D eigenvalue weighted by molar-refractivity contribution is -0.0111. The van der Waals surface area contributed by atoms with Gasteiger partial charge >= 0.3 is 0 Å². The minimum absolute atomic E-state index is 0.255. The molecule has 3 heteroatoms. The van der Waals surface area contributed by atoms with Gasteiger partial charge in [0, 0.05) is 12.3 Å². The molecule has 0 radical (unpaired) electrons. The van der Waals surface area contributed by atoms with Crippen LogP contribution in [0.1, 0.15) is 24.8 Å². The third kappa shape index (κ3) is 2.89. The van der Waals surface area contributed by atoms with Gasteiger partial charge in [-0.05, 0) is 49.9 Å². The molecule has 3 nitrogen and oxygen atoms in total. The van der Waals surface area contributed by atoms with Crippen molar-refractivity contribution in [2.45, 2.75) is 32.3 Å². The van der Waals surface area contributed by atoms with E-state index < -0.39 is 0 Å². The number of benzene rings is 1. The molecule has 2 N–H and O–H groups in total. The summed E-state index contributed by atoms with van der Waals surface area (Å²) in [4.78, 5) is 0. The number of anilines is 1. The molecule has 1 fully saturated rings. The summed E-state index contributed by atoms with van der Waals surface area (Å²) in [6.45, 7) is 3.52. The molecule has 1 heterocycles. The molecule has 1 aliphatic rings. The van der Waals surface area contributed by atoms with Crippen molar-refractivity contribution in [1.82, 2.24) is 0 Å². The summed E-state index contributed by atoms with van der Waals surface area (Å²) in [6, 6.07) is 5.72. The summed E-state index contributed by atoms with van der Waals surface area (Å²) < 4.78 is 11.4. The highest BCUT2D eigenvalue weighted by molar-refractivity contribution is 5.47. The summed E-state index contributed by atoms with van der Waals surface area (Å²) in [5, 5.41) is 0. The highest BCUT2D eigenvalue weighted by Gasteiger charge is 2.14. The molecular weight excluding hydrogens is 202 g/mol. The minimum Gasteiger partial charge on any atom is -0.491 e. The standard InChI is InChI=1S/C13H19NO2/c1-10-8-11(14)5-6-13(10)16-9-12-4-2-3-7-15-12/h5-6,8,12H,2-4,7,9,14H2,1H3/t12-/m0/s1. The van der Waals surface area contributed by atoms with Gasteiger partial charge in [-0.2, -0.15) is 0 Å². The van der Waals surface area contributed by atoms with Gasteiger partial charge in [0.2, 0.25) is 0 Å². The number of nitrogens with two attached hydrogens (primary N) is 1. The van der Waals surface area contributed by atoms with E-state index in [1.165, 1.54) is 12.8 Å². The number of rotatable bonds is 3. The first kappa shape index (κ1) is 11.3. The van der Waals surface area contributed by atoms with Gasteiger partial charge < -0.3 is 15.2 Å². The van der Waals surface area contributed by atoms with Gasteiger partial charge in [0.05, 0.1) is 6.10 Å². The first-order valence-electron chi connectivity index (χ1n) is 5.86. The molecule has 0 bridgehead atoms. The van der Waals surface area contributed by atoms with Crippen molar-refractivity contribution in [1.29, 1.82) is 0 Å². The lowest BCUT2D eigenvalue weighted by atomic mass is 10.1. The van der Waals surface area contributed by atoms with Crippen LogP contribution in [-0.4, -0.2) is 19.3 Å². The van der Waals surface area contributed by atoms with Crippen molar-refractivity contribution in [2.75, 3.05) is 18.9 Å². The topological polar surface area (TPSA) is 44.5 Å². The molecule has 16 heavy (non-hydrogen) atoms. The van der Waals surface area contributed by atoms with Crippen molar-refractivity contribution in [3.63, 3.8) is 0 Å². The Morgan fingerprint density at radius 2 is 2.31 bits per heavy atom. The summed E-state index contributed by atoms with van der Waals surface area (Å²) in [5.41, 5.74) is 7.54. The van der Waals surface area contributed by atoms with Crippen LogP contribution >= 0.6 is 0 Å². The van der Waals surface area contributed by atoms with Crippen LogP contribution in [0.5, 0.6) is 5.75 Å². The Balaban J connectivity index is 1.88. The Labute approximate surface area is 96.5 Å². The normalized spacial score (nSPS) is 20.7. The van der Waals surface area contributed by atoms with E-state index >= 15 is 0 Å². The molecule has 0 aromatic heterocycles. The van der Waals surface area contributed by atoms with Crippen LogP contribution in [0, 0.1) is 6.92 Å². The van der Waals surface area contributed by atoms with Crippen LogP contribution in [0.2, 0.25) is 0 Å². The molecule has 1 atom stereocenters. The molecule has 0 unspecified atom stereocenters. The first-order valence-corrected chi connectivity index (χ1v) is 5.86. The molecule has 0 saturated carbocycles. The SMILES string of the molecule is Cc1cc(N)ccc1OC[C@@H]1CCCCO1. The van der Waals surface area contributed by atoms with Crippen LogP contribution in [0.25, 0.3) is 0 Å². The number of hydrogen-bond donors (Lipinski definition) is 1. The molecule has 1 saturated heterocycles. The fraction of sp³-hybridized carbons (Fsp3) is 0.538. The van der Waals surface area contributed by atoms with Gasteiger partial charge in [0.15, 0.2) is 0 Å². The minimum atomic E-state index is 0.255. The van der Waals surface area contributed by atoms with Crippen LogP contribution in [0.3, 0.4) is 0 Å². The van der Waals surface area contributed by atoms with Crippen LogP contribution in [0.4, 0.5) is 5.69 Å². The van der Waals surface area contributed by atoms with Crippen LogP contribution in [-0.2, 0) is 4.74 Å². The Bertz CT molecular complexity index is 346. The fourth-order valence-electron chi connectivity index (χ4n) is 1.96. The van der Waals surface area contributed by atoms with E-state index in [4.69, 9.17) is 15.2 Å². The molecule has 0 aliphatic carbocycles. The van der Waals surface area contributed by atoms with Gasteiger partial charge in [-0.25, -0.2) is 0 Å². The third-order valence-corrected chi connectivity index (χ3v) is 2.90. The van der Waals surface area contributed by atoms with Crippen LogP contribution < -0.4 is 10.5 Å². The lowest BCUT2D eigenvalue weighted by Gasteiger charge is -2.23. The largest absolute Gasteiger partial charge is 0.491 e. The maximum absolute atomic E-state index is 5.75. The van der Waals surface area contributed by atoms with Crippen molar-refractivity contribution in [2.24, 2.45) is 0 Å². The van der Waals surface area contributed by atoms with E-state index in [-0.39, 0.29) is 6.10 Å². The second kappa shape index (κ2) is 5.21. The highest BCUT2D eigenvalue weighted by atomic mass is 16.5. The van der Waals surface area contributed by atoms with Gasteiger partial charge in [-0.15, -0.1) is 0 Å². The van der Waals surface area contributed by atoms with Crippen LogP contribution in [0.15, 0.2) is 18.2 Å². The Kier molecular flexibility index (Phi) is 3.67. The predicted octanol–water partition coefficient (Wildman–Crippen LogP) is 2.53. The number of ether oxygens (including phenoxy) is 2. The molecular formula is C13H19NO2. The predicted molar refractivity (Wildman–Crippen MR) is 64.7 cm³/mol. The molecule has 1 aromatic carbocycles. The van der Waals surface area contributed by atoms with Gasteiger partial charge in [0.25, 0.3) is 0 Å². The van der Waals surface area contributed by atoms with E-state index in [1.807, 2.05) is 25.1 Å². The number of hydrogen-bond acceptors (Lipinski definition) is 3. The van der Waals surface area contributed by atoms with E-state index in [0.717, 1.165) is 30.0 Å². The zero-order valence-electron chi connectivity index (χ0n) is 9.74. The number of nitrogen functional groups attached to an aromatic ring is 1. The van der Waals surface area contributed by atoms with Gasteiger partial charge in [0.1, 0.15) is 12.4 Å². The molecule has 88 valence electrons. The lowest BCUT2D eigenvalue weighted by Crippen LogP contribution is -2.25. The van der Waals surface area contributed by atoms with Gasteiger partial charge in [-0.1, -0.05) is 0 Å². The summed E-state index contributed by atoms with van der Waals surface area (Å²) in [6.07, 6.45) is 3.78. The van der Waals surface area contributed by atoms with E-state index in [1.54, 1.807) is 0 Å². The van der Waals surface area contributed by atoms with E-state index in [9.17, 15) is 0 Å². The molecule has 0 amide bonds. The molecule has 1 aliphatic heterocycles. The average molecular weight is 221 g/mol. The van der Waals surface area contributed by atoms with E-state index in [2.05, 4.69) is 0 Å². The van der Waals surface area contributed by atoms with Crippen molar-refractivity contribution >= 4 is 5.69 Å². The van der Waals surface area contributed by atoms with Crippen molar-refractivity contribution in [3.05, 3.63) is 23.8 Å². The smallest absolute Gasteiger partial charge is 0.122 e. The summed E-state index contributed by atoms with van der Waals surface area (Å²) in [7, 11) is 0. The van der Waals surface area contributed by atoms with E-state index in [0.29, 0.717) is 6.61 Å². The maximum atomic E-state index is 5.75. The summed E-state index contributed by atoms with van der Waals surface area (Å²) in [5.74, 6) is 0.906. The molecule has 1 aromatic rings. The Morgan fingerprint density at radius 1 is 1.44 bits per heavy atom. The molecule has 2 rings (SSSR count). The third-order valence-electron chi connectivity index (χ3n) is 2.90. The fourth-order valence-corrected chi connectivity index (χ4v) is 1.96. The summed E-state index contributed by atoms with van der Waals surface area (Å²) >= 11 is 0. The zero-order chi connectivity index (χ0) is 11.4. The van der Waals surface area contributed by atoms with Crippen molar-refractivity contribution in [3.8, 4) is 5.75 Å². The Morgan fingerprint density at radius 3 is 3.00 bits per heavy atom. The zero-order valence-corrected chi connectivity index (χ0v) is 9.74. The van der Waals surface area contributed by atoms with Crippen molar-refractivity contribution < 1.29 is 9.47 Å². The average Bonchev–Trinajstić information content (AvgIpc) is 2.29. The van der Waals surface area contributed by atoms with Gasteiger partial charge in [-0.3, -0.25) is 0 Å². The maximum Gasteiger partial charge on any atom is 0.122 e. The monoisotopic (exact) mass is 221 g/mol. The molecule has 0 spiro atoms. The quantitative estimate of drug-likeness (QED) is 0.798. The number of aryl methyl sites for hydroxylation is 1. The second-order valence-corrected chi connectivity index (χ2v) is 4.32. The Hall–Kier alpha value is -1.22. The first-order chi connectivity index (χ1) is 7.75. The highest BCUT2D eigenvalue weighted by Crippen LogP contribution is 2.21. The second-order valence-electron chi connectivity index (χ2n) is 4.32.